The Hall–Kier alpha value is -2.43. The van der Waals surface area contributed by atoms with Gasteiger partial charge in [-0.3, -0.25) is 0 Å². The lowest BCUT2D eigenvalue weighted by Gasteiger charge is -2.21. The highest BCUT2D eigenvalue weighted by atomic mass is 32.2. The second-order valence-corrected chi connectivity index (χ2v) is 10.5. The smallest absolute Gasteiger partial charge is 0.354 e. The van der Waals surface area contributed by atoms with E-state index in [1.165, 1.54) is 28.5 Å². The van der Waals surface area contributed by atoms with Crippen LogP contribution in [0.4, 0.5) is 10.5 Å². The molecule has 0 radical (unpaired) electrons. The highest BCUT2D eigenvalue weighted by molar-refractivity contribution is 7.91. The Morgan fingerprint density at radius 2 is 2.00 bits per heavy atom. The summed E-state index contributed by atoms with van der Waals surface area (Å²) in [5.74, 6) is 0.269. The van der Waals surface area contributed by atoms with E-state index in [4.69, 9.17) is 14.6 Å². The number of hydrogen-bond donors (Lipinski definition) is 2. The van der Waals surface area contributed by atoms with Crippen molar-refractivity contribution in [2.75, 3.05) is 19.0 Å². The number of fused-ring (bicyclic) bond motifs is 3. The van der Waals surface area contributed by atoms with Crippen LogP contribution in [0.5, 0.6) is 5.88 Å². The molecule has 3 N–H and O–H groups in total. The molecule has 0 fully saturated rings. The van der Waals surface area contributed by atoms with Crippen LogP contribution in [0.25, 0.3) is 0 Å². The first-order valence-electron chi connectivity index (χ1n) is 10.6. The van der Waals surface area contributed by atoms with Gasteiger partial charge in [-0.25, -0.2) is 18.8 Å². The molecule has 1 aromatic heterocycles. The molecule has 1 aromatic carbocycles. The largest absolute Gasteiger partial charge is 0.466 e. The van der Waals surface area contributed by atoms with Crippen molar-refractivity contribution in [1.29, 1.82) is 0 Å². The molecule has 2 unspecified atom stereocenters. The van der Waals surface area contributed by atoms with Crippen LogP contribution in [0.3, 0.4) is 0 Å². The van der Waals surface area contributed by atoms with Crippen molar-refractivity contribution in [3.8, 4) is 5.88 Å². The lowest BCUT2D eigenvalue weighted by Crippen LogP contribution is -2.36. The van der Waals surface area contributed by atoms with Crippen LogP contribution < -0.4 is 15.2 Å². The van der Waals surface area contributed by atoms with Crippen molar-refractivity contribution in [3.63, 3.8) is 0 Å². The number of carbonyl (C=O) groups excluding carboxylic acids is 1. The standard InChI is InChI=1S/C21H27N5O4S/c1-21(12-29-2)11-26-19(30-21)17(10-23-26)31(22,28)25-20(27)24-18-15-7-3-5-13(15)9-14-6-4-8-16(14)18/h9-10H,3-8,11-12H2,1-2H3,(H3,22,24,25,27,28). The monoisotopic (exact) mass is 445 g/mol. The predicted molar refractivity (Wildman–Crippen MR) is 116 cm³/mol. The van der Waals surface area contributed by atoms with Crippen LogP contribution in [0.15, 0.2) is 21.5 Å². The molecule has 3 aliphatic rings. The molecule has 0 spiro atoms. The number of anilines is 1. The number of urea groups is 1. The van der Waals surface area contributed by atoms with Gasteiger partial charge < -0.3 is 14.8 Å². The summed E-state index contributed by atoms with van der Waals surface area (Å²) in [7, 11) is -1.96. The Balaban J connectivity index is 1.45. The van der Waals surface area contributed by atoms with Gasteiger partial charge in [0, 0.05) is 12.8 Å². The molecule has 2 heterocycles. The fourth-order valence-electron chi connectivity index (χ4n) is 5.01. The minimum absolute atomic E-state index is 0.117. The third kappa shape index (κ3) is 3.52. The average Bonchev–Trinajstić information content (AvgIpc) is 3.43. The number of carbonyl (C=O) groups is 1. The van der Waals surface area contributed by atoms with Crippen molar-refractivity contribution in [1.82, 2.24) is 9.78 Å². The number of nitrogens with zero attached hydrogens (tertiary/aromatic N) is 3. The zero-order valence-corrected chi connectivity index (χ0v) is 18.6. The van der Waals surface area contributed by atoms with Crippen molar-refractivity contribution < 1.29 is 18.5 Å². The summed E-state index contributed by atoms with van der Waals surface area (Å²) in [6.07, 6.45) is 7.42. The third-order valence-electron chi connectivity index (χ3n) is 6.28. The Kier molecular flexibility index (Phi) is 4.83. The summed E-state index contributed by atoms with van der Waals surface area (Å²) < 4.78 is 29.8. The van der Waals surface area contributed by atoms with E-state index in [1.807, 2.05) is 6.92 Å². The molecule has 166 valence electrons. The normalized spacial score (nSPS) is 22.9. The molecule has 0 saturated carbocycles. The zero-order chi connectivity index (χ0) is 21.8. The van der Waals surface area contributed by atoms with Crippen molar-refractivity contribution in [2.24, 2.45) is 9.50 Å². The maximum absolute atomic E-state index is 13.2. The van der Waals surface area contributed by atoms with Gasteiger partial charge >= 0.3 is 6.03 Å². The number of rotatable bonds is 4. The molecule has 2 amide bonds. The van der Waals surface area contributed by atoms with E-state index in [2.05, 4.69) is 20.8 Å². The SMILES string of the molecule is COCC1(C)Cn2ncc(S(N)(=O)=NC(=O)Nc3c4c(cc5c3CCC5)CCC4)c2O1. The molecular formula is C21H27N5O4S. The lowest BCUT2D eigenvalue weighted by molar-refractivity contribution is 0.0165. The van der Waals surface area contributed by atoms with Gasteiger partial charge in [0.15, 0.2) is 15.5 Å². The van der Waals surface area contributed by atoms with E-state index in [0.29, 0.717) is 13.2 Å². The van der Waals surface area contributed by atoms with Crippen LogP contribution in [0.2, 0.25) is 0 Å². The number of aromatic nitrogens is 2. The van der Waals surface area contributed by atoms with Gasteiger partial charge in [0.1, 0.15) is 4.90 Å². The molecule has 2 atom stereocenters. The van der Waals surface area contributed by atoms with Crippen LogP contribution in [0, 0.1) is 0 Å². The second kappa shape index (κ2) is 7.32. The van der Waals surface area contributed by atoms with Gasteiger partial charge in [-0.2, -0.15) is 5.10 Å². The number of amides is 2. The molecule has 5 rings (SSSR count). The first kappa shape index (κ1) is 20.5. The molecule has 0 bridgehead atoms. The van der Waals surface area contributed by atoms with Gasteiger partial charge in [-0.05, 0) is 67.7 Å². The van der Waals surface area contributed by atoms with E-state index in [1.54, 1.807) is 11.8 Å². The topological polar surface area (TPSA) is 121 Å². The second-order valence-electron chi connectivity index (χ2n) is 8.78. The highest BCUT2D eigenvalue weighted by Gasteiger charge is 2.39. The van der Waals surface area contributed by atoms with Gasteiger partial charge in [0.05, 0.1) is 19.3 Å². The average molecular weight is 446 g/mol. The molecule has 2 aliphatic carbocycles. The number of methoxy groups -OCH3 is 1. The number of nitrogens with one attached hydrogen (secondary N) is 1. The first-order chi connectivity index (χ1) is 14.8. The number of ether oxygens (including phenoxy) is 2. The fourth-order valence-corrected chi connectivity index (χ4v) is 5.99. The van der Waals surface area contributed by atoms with E-state index in [-0.39, 0.29) is 10.8 Å². The molecule has 10 heteroatoms. The summed E-state index contributed by atoms with van der Waals surface area (Å²) in [5.41, 5.74) is 5.15. The first-order valence-corrected chi connectivity index (χ1v) is 12.1. The van der Waals surface area contributed by atoms with Crippen LogP contribution in [0.1, 0.15) is 42.0 Å². The zero-order valence-electron chi connectivity index (χ0n) is 17.8. The quantitative estimate of drug-likeness (QED) is 0.749. The number of hydrogen-bond acceptors (Lipinski definition) is 5. The van der Waals surface area contributed by atoms with Crippen molar-refractivity contribution in [3.05, 3.63) is 34.5 Å². The number of benzene rings is 1. The fraction of sp³-hybridized carbons (Fsp3) is 0.524. The summed E-state index contributed by atoms with van der Waals surface area (Å²) in [5, 5.41) is 13.2. The molecule has 31 heavy (non-hydrogen) atoms. The molecule has 1 aliphatic heterocycles. The van der Waals surface area contributed by atoms with E-state index in [9.17, 15) is 9.00 Å². The maximum atomic E-state index is 13.2. The number of aryl methyl sites for hydroxylation is 2. The van der Waals surface area contributed by atoms with E-state index in [0.717, 1.165) is 44.2 Å². The minimum Gasteiger partial charge on any atom is -0.466 e. The molecular weight excluding hydrogens is 418 g/mol. The van der Waals surface area contributed by atoms with Crippen molar-refractivity contribution in [2.45, 2.75) is 62.5 Å². The van der Waals surface area contributed by atoms with E-state index < -0.39 is 21.5 Å². The van der Waals surface area contributed by atoms with Crippen LogP contribution >= 0.6 is 0 Å². The van der Waals surface area contributed by atoms with Gasteiger partial charge in [0.25, 0.3) is 0 Å². The summed E-state index contributed by atoms with van der Waals surface area (Å²) in [4.78, 5) is 12.9. The Bertz CT molecular complexity index is 1160. The van der Waals surface area contributed by atoms with Crippen LogP contribution in [-0.4, -0.2) is 39.3 Å². The lowest BCUT2D eigenvalue weighted by atomic mass is 9.99. The predicted octanol–water partition coefficient (Wildman–Crippen LogP) is 2.59. The summed E-state index contributed by atoms with van der Waals surface area (Å²) >= 11 is 0. The molecule has 9 nitrogen and oxygen atoms in total. The number of nitrogens with two attached hydrogens (primary N) is 1. The Morgan fingerprint density at radius 3 is 2.65 bits per heavy atom. The molecule has 0 saturated heterocycles. The van der Waals surface area contributed by atoms with Gasteiger partial charge in [0.2, 0.25) is 5.88 Å². The van der Waals surface area contributed by atoms with Gasteiger partial charge in [-0.1, -0.05) is 6.07 Å². The minimum atomic E-state index is -3.54. The Labute approximate surface area is 181 Å². The maximum Gasteiger partial charge on any atom is 0.354 e. The van der Waals surface area contributed by atoms with Crippen LogP contribution in [-0.2, 0) is 46.9 Å². The van der Waals surface area contributed by atoms with Crippen molar-refractivity contribution >= 4 is 21.6 Å². The van der Waals surface area contributed by atoms with Gasteiger partial charge in [-0.15, -0.1) is 4.36 Å². The third-order valence-corrected chi connectivity index (χ3v) is 7.62. The molecule has 2 aromatic rings. The summed E-state index contributed by atoms with van der Waals surface area (Å²) in [6.45, 7) is 2.64. The Morgan fingerprint density at radius 1 is 1.32 bits per heavy atom. The highest BCUT2D eigenvalue weighted by Crippen LogP contribution is 2.39. The summed E-state index contributed by atoms with van der Waals surface area (Å²) in [6, 6.07) is 1.58. The van der Waals surface area contributed by atoms with E-state index >= 15 is 0 Å².